The van der Waals surface area contributed by atoms with Crippen molar-refractivity contribution in [3.8, 4) is 0 Å². The van der Waals surface area contributed by atoms with Crippen LogP contribution >= 0.6 is 0 Å². The number of allylic oxidation sites excluding steroid dienone is 2. The van der Waals surface area contributed by atoms with Gasteiger partial charge in [0.15, 0.2) is 0 Å². The predicted octanol–water partition coefficient (Wildman–Crippen LogP) is 3.21. The molecule has 0 aliphatic carbocycles. The molecule has 1 N–H and O–H groups in total. The third-order valence-electron chi connectivity index (χ3n) is 4.01. The Morgan fingerprint density at radius 3 is 3.00 bits per heavy atom. The van der Waals surface area contributed by atoms with Gasteiger partial charge in [-0.3, -0.25) is 4.90 Å². The van der Waals surface area contributed by atoms with Crippen LogP contribution in [-0.2, 0) is 6.54 Å². The Balaban J connectivity index is 1.99. The number of aliphatic hydroxyl groups is 1. The molecule has 1 aliphatic rings. The van der Waals surface area contributed by atoms with Crippen molar-refractivity contribution in [3.05, 3.63) is 35.8 Å². The fourth-order valence-electron chi connectivity index (χ4n) is 2.87. The second kappa shape index (κ2) is 6.40. The molecule has 0 amide bonds. The van der Waals surface area contributed by atoms with E-state index in [1.807, 2.05) is 12.3 Å². The summed E-state index contributed by atoms with van der Waals surface area (Å²) in [6.07, 6.45) is 9.06. The Morgan fingerprint density at radius 1 is 1.53 bits per heavy atom. The van der Waals surface area contributed by atoms with Gasteiger partial charge in [0.2, 0.25) is 0 Å². The fraction of sp³-hybridized carbons (Fsp3) is 0.625. The van der Waals surface area contributed by atoms with Crippen LogP contribution in [-0.4, -0.2) is 29.7 Å². The summed E-state index contributed by atoms with van der Waals surface area (Å²) in [6, 6.07) is 2.02. The van der Waals surface area contributed by atoms with E-state index in [2.05, 4.69) is 24.8 Å². The molecule has 19 heavy (non-hydrogen) atoms. The minimum Gasteiger partial charge on any atom is -0.472 e. The van der Waals surface area contributed by atoms with Crippen LogP contribution in [0.1, 0.15) is 38.7 Å². The molecule has 1 aliphatic heterocycles. The molecule has 1 fully saturated rings. The van der Waals surface area contributed by atoms with Crippen LogP contribution in [0.25, 0.3) is 0 Å². The van der Waals surface area contributed by atoms with Gasteiger partial charge in [-0.2, -0.15) is 0 Å². The summed E-state index contributed by atoms with van der Waals surface area (Å²) in [6.45, 7) is 7.53. The molecule has 2 rings (SSSR count). The van der Waals surface area contributed by atoms with E-state index in [0.29, 0.717) is 0 Å². The molecule has 1 aromatic heterocycles. The average molecular weight is 263 g/mol. The molecule has 1 atom stereocenters. The second-order valence-electron chi connectivity index (χ2n) is 6.09. The molecule has 0 radical (unpaired) electrons. The van der Waals surface area contributed by atoms with Crippen molar-refractivity contribution in [2.75, 3.05) is 19.7 Å². The number of likely N-dealkylation sites (tertiary alicyclic amines) is 1. The van der Waals surface area contributed by atoms with Gasteiger partial charge in [-0.25, -0.2) is 0 Å². The highest BCUT2D eigenvalue weighted by molar-refractivity contribution is 5.06. The van der Waals surface area contributed by atoms with Crippen LogP contribution in [0.15, 0.2) is 34.7 Å². The van der Waals surface area contributed by atoms with E-state index in [-0.39, 0.29) is 12.0 Å². The molecule has 2 heterocycles. The van der Waals surface area contributed by atoms with Gasteiger partial charge in [0.25, 0.3) is 0 Å². The van der Waals surface area contributed by atoms with Crippen LogP contribution in [0.3, 0.4) is 0 Å². The molecule has 3 nitrogen and oxygen atoms in total. The van der Waals surface area contributed by atoms with Gasteiger partial charge in [0.05, 0.1) is 19.1 Å². The molecule has 0 spiro atoms. The molecule has 0 unspecified atom stereocenters. The van der Waals surface area contributed by atoms with Crippen LogP contribution < -0.4 is 0 Å². The summed E-state index contributed by atoms with van der Waals surface area (Å²) >= 11 is 0. The first kappa shape index (κ1) is 14.4. The Morgan fingerprint density at radius 2 is 2.37 bits per heavy atom. The van der Waals surface area contributed by atoms with Crippen molar-refractivity contribution in [1.29, 1.82) is 0 Å². The lowest BCUT2D eigenvalue weighted by Crippen LogP contribution is -2.44. The third kappa shape index (κ3) is 3.95. The van der Waals surface area contributed by atoms with Crippen molar-refractivity contribution in [2.45, 2.75) is 39.7 Å². The highest BCUT2D eigenvalue weighted by Gasteiger charge is 2.33. The highest BCUT2D eigenvalue weighted by Crippen LogP contribution is 2.34. The smallest absolute Gasteiger partial charge is 0.0947 e. The number of piperidine rings is 1. The SMILES string of the molecule is CC(C)=CC[C@]1(CO)CCCN(Cc2ccoc2)C1. The van der Waals surface area contributed by atoms with Crippen LogP contribution in [0.2, 0.25) is 0 Å². The van der Waals surface area contributed by atoms with E-state index in [4.69, 9.17) is 4.42 Å². The van der Waals surface area contributed by atoms with E-state index in [1.54, 1.807) is 6.26 Å². The van der Waals surface area contributed by atoms with Gasteiger partial charge in [-0.1, -0.05) is 11.6 Å². The van der Waals surface area contributed by atoms with Gasteiger partial charge in [0, 0.05) is 24.1 Å². The Kier molecular flexibility index (Phi) is 4.83. The minimum atomic E-state index is 0.0409. The first-order valence-corrected chi connectivity index (χ1v) is 7.11. The predicted molar refractivity (Wildman–Crippen MR) is 76.8 cm³/mol. The molecule has 1 saturated heterocycles. The molecule has 106 valence electrons. The van der Waals surface area contributed by atoms with Crippen LogP contribution in [0, 0.1) is 5.41 Å². The van der Waals surface area contributed by atoms with E-state index in [9.17, 15) is 5.11 Å². The number of aliphatic hydroxyl groups excluding tert-OH is 1. The van der Waals surface area contributed by atoms with Crippen molar-refractivity contribution >= 4 is 0 Å². The number of rotatable bonds is 5. The van der Waals surface area contributed by atoms with Gasteiger partial charge in [-0.05, 0) is 45.7 Å². The lowest BCUT2D eigenvalue weighted by molar-refractivity contribution is 0.0306. The first-order valence-electron chi connectivity index (χ1n) is 7.11. The number of hydrogen-bond acceptors (Lipinski definition) is 3. The number of furan rings is 1. The number of nitrogens with zero attached hydrogens (tertiary/aromatic N) is 1. The Labute approximate surface area is 115 Å². The molecular weight excluding hydrogens is 238 g/mol. The summed E-state index contributed by atoms with van der Waals surface area (Å²) in [4.78, 5) is 2.43. The van der Waals surface area contributed by atoms with Crippen LogP contribution in [0.4, 0.5) is 0 Å². The molecule has 3 heteroatoms. The minimum absolute atomic E-state index is 0.0409. The molecule has 0 saturated carbocycles. The van der Waals surface area contributed by atoms with E-state index in [1.165, 1.54) is 11.1 Å². The summed E-state index contributed by atoms with van der Waals surface area (Å²) in [5.41, 5.74) is 2.59. The molecular formula is C16H25NO2. The normalized spacial score (nSPS) is 24.4. The van der Waals surface area contributed by atoms with Gasteiger partial charge in [0.1, 0.15) is 0 Å². The summed E-state index contributed by atoms with van der Waals surface area (Å²) in [5, 5.41) is 9.82. The van der Waals surface area contributed by atoms with E-state index >= 15 is 0 Å². The van der Waals surface area contributed by atoms with Crippen LogP contribution in [0.5, 0.6) is 0 Å². The lowest BCUT2D eigenvalue weighted by Gasteiger charge is -2.41. The summed E-state index contributed by atoms with van der Waals surface area (Å²) in [7, 11) is 0. The maximum atomic E-state index is 9.82. The highest BCUT2D eigenvalue weighted by atomic mass is 16.3. The Bertz CT molecular complexity index is 406. The zero-order valence-electron chi connectivity index (χ0n) is 12.1. The number of hydrogen-bond donors (Lipinski definition) is 1. The first-order chi connectivity index (χ1) is 9.13. The molecule has 0 aromatic carbocycles. The van der Waals surface area contributed by atoms with Crippen molar-refractivity contribution in [2.24, 2.45) is 5.41 Å². The summed E-state index contributed by atoms with van der Waals surface area (Å²) < 4.78 is 5.13. The molecule has 0 bridgehead atoms. The standard InChI is InChI=1S/C16H25NO2/c1-14(2)4-7-16(13-18)6-3-8-17(12-16)10-15-5-9-19-11-15/h4-5,9,11,18H,3,6-8,10,12-13H2,1-2H3/t16-/m1/s1. The third-order valence-corrected chi connectivity index (χ3v) is 4.01. The fourth-order valence-corrected chi connectivity index (χ4v) is 2.87. The quantitative estimate of drug-likeness (QED) is 0.829. The van der Waals surface area contributed by atoms with Gasteiger partial charge >= 0.3 is 0 Å². The van der Waals surface area contributed by atoms with Crippen molar-refractivity contribution in [1.82, 2.24) is 4.90 Å². The average Bonchev–Trinajstić information content (AvgIpc) is 2.90. The topological polar surface area (TPSA) is 36.6 Å². The maximum Gasteiger partial charge on any atom is 0.0947 e. The molecule has 1 aromatic rings. The van der Waals surface area contributed by atoms with Crippen molar-refractivity contribution < 1.29 is 9.52 Å². The van der Waals surface area contributed by atoms with E-state index in [0.717, 1.165) is 38.9 Å². The zero-order chi connectivity index (χ0) is 13.7. The monoisotopic (exact) mass is 263 g/mol. The lowest BCUT2D eigenvalue weighted by atomic mass is 9.77. The maximum absolute atomic E-state index is 9.82. The summed E-state index contributed by atoms with van der Waals surface area (Å²) in [5.74, 6) is 0. The Hall–Kier alpha value is -1.06. The van der Waals surface area contributed by atoms with E-state index < -0.39 is 0 Å². The second-order valence-corrected chi connectivity index (χ2v) is 6.09. The largest absolute Gasteiger partial charge is 0.472 e. The van der Waals surface area contributed by atoms with Crippen molar-refractivity contribution in [3.63, 3.8) is 0 Å². The van der Waals surface area contributed by atoms with Gasteiger partial charge < -0.3 is 9.52 Å². The zero-order valence-corrected chi connectivity index (χ0v) is 12.1. The van der Waals surface area contributed by atoms with Gasteiger partial charge in [-0.15, -0.1) is 0 Å².